The summed E-state index contributed by atoms with van der Waals surface area (Å²) in [6.45, 7) is 8.81. The van der Waals surface area contributed by atoms with E-state index in [0.29, 0.717) is 23.8 Å². The minimum Gasteiger partial charge on any atom is -0.466 e. The number of aryl methyl sites for hydroxylation is 1. The number of halogens is 1. The lowest BCUT2D eigenvalue weighted by atomic mass is 9.84. The number of carbonyl (C=O) groups excluding carboxylic acids is 1. The first-order valence-electron chi connectivity index (χ1n) is 12.7. The normalized spacial score (nSPS) is 14.3. The summed E-state index contributed by atoms with van der Waals surface area (Å²) in [4.78, 5) is 22.8. The topological polar surface area (TPSA) is 91.1 Å². The van der Waals surface area contributed by atoms with Gasteiger partial charge < -0.3 is 15.0 Å². The molecule has 0 bridgehead atoms. The number of pyridine rings is 1. The summed E-state index contributed by atoms with van der Waals surface area (Å²) in [6, 6.07) is 8.65. The van der Waals surface area contributed by atoms with Gasteiger partial charge in [-0.05, 0) is 87.5 Å². The Morgan fingerprint density at radius 1 is 1.26 bits per heavy atom. The molecule has 1 aromatic carbocycles. The van der Waals surface area contributed by atoms with Crippen LogP contribution in [0, 0.1) is 31.0 Å². The number of aromatic nitrogens is 2. The highest BCUT2D eigenvalue weighted by atomic mass is 32.2. The van der Waals surface area contributed by atoms with Gasteiger partial charge >= 0.3 is 5.97 Å². The number of nitrogens with zero attached hydrogens (tertiary/aromatic N) is 4. The number of thiazole rings is 1. The van der Waals surface area contributed by atoms with E-state index in [0.717, 1.165) is 77.3 Å². The first-order chi connectivity index (χ1) is 18.3. The lowest BCUT2D eigenvalue weighted by Gasteiger charge is -2.33. The summed E-state index contributed by atoms with van der Waals surface area (Å²) in [5.74, 6) is 0.414. The summed E-state index contributed by atoms with van der Waals surface area (Å²) in [6.07, 6.45) is 2.81. The molecule has 0 amide bonds. The van der Waals surface area contributed by atoms with E-state index in [9.17, 15) is 14.4 Å². The molecule has 3 heterocycles. The molecule has 0 aliphatic carbocycles. The van der Waals surface area contributed by atoms with Crippen LogP contribution in [0.3, 0.4) is 0 Å². The quantitative estimate of drug-likeness (QED) is 0.177. The average molecular weight is 554 g/mol. The molecule has 0 spiro atoms. The number of nitriles is 1. The Hall–Kier alpha value is -3.00. The van der Waals surface area contributed by atoms with E-state index in [1.807, 2.05) is 12.3 Å². The zero-order valence-corrected chi connectivity index (χ0v) is 23.6. The first-order valence-corrected chi connectivity index (χ1v) is 14.6. The Morgan fingerprint density at radius 3 is 2.68 bits per heavy atom. The molecule has 1 N–H and O–H groups in total. The minimum atomic E-state index is -0.276. The maximum absolute atomic E-state index is 13.2. The molecular formula is C28H32FN5O2S2. The van der Waals surface area contributed by atoms with Crippen molar-refractivity contribution in [1.29, 1.82) is 5.26 Å². The van der Waals surface area contributed by atoms with E-state index < -0.39 is 0 Å². The van der Waals surface area contributed by atoms with Crippen molar-refractivity contribution in [2.24, 2.45) is 0 Å². The third-order valence-corrected chi connectivity index (χ3v) is 8.55. The van der Waals surface area contributed by atoms with Gasteiger partial charge in [-0.15, -0.1) is 11.3 Å². The number of anilines is 2. The van der Waals surface area contributed by atoms with E-state index in [-0.39, 0.29) is 11.8 Å². The second-order valence-corrected chi connectivity index (χ2v) is 11.2. The predicted octanol–water partition coefficient (Wildman–Crippen LogP) is 6.33. The van der Waals surface area contributed by atoms with Gasteiger partial charge in [-0.25, -0.2) is 14.4 Å². The molecule has 4 rings (SSSR count). The third kappa shape index (κ3) is 7.31. The van der Waals surface area contributed by atoms with Crippen molar-refractivity contribution < 1.29 is 13.9 Å². The van der Waals surface area contributed by atoms with Gasteiger partial charge in [0, 0.05) is 36.0 Å². The Balaban J connectivity index is 1.40. The van der Waals surface area contributed by atoms with Crippen LogP contribution >= 0.6 is 23.1 Å². The van der Waals surface area contributed by atoms with Gasteiger partial charge in [0.05, 0.1) is 17.9 Å². The van der Waals surface area contributed by atoms with Crippen molar-refractivity contribution in [3.05, 3.63) is 63.5 Å². The number of esters is 1. The van der Waals surface area contributed by atoms with Crippen LogP contribution in [-0.2, 0) is 15.3 Å². The SMILES string of the molecule is CC(=O)OCCCN1CCC(c2c(C)c(C)nc(SCc3csc(Nc4ccc(F)cc4)n3)c2C#N)CC1. The highest BCUT2D eigenvalue weighted by Crippen LogP contribution is 2.38. The predicted molar refractivity (Wildman–Crippen MR) is 149 cm³/mol. The molecule has 0 saturated carbocycles. The maximum Gasteiger partial charge on any atom is 0.302 e. The maximum atomic E-state index is 13.2. The second-order valence-electron chi connectivity index (χ2n) is 9.40. The molecule has 2 aromatic heterocycles. The zero-order chi connectivity index (χ0) is 27.1. The molecule has 0 radical (unpaired) electrons. The van der Waals surface area contributed by atoms with Crippen LogP contribution in [0.2, 0.25) is 0 Å². The van der Waals surface area contributed by atoms with Gasteiger partial charge in [0.25, 0.3) is 0 Å². The second kappa shape index (κ2) is 13.2. The van der Waals surface area contributed by atoms with Crippen molar-refractivity contribution in [2.75, 3.05) is 31.6 Å². The molecule has 0 atom stereocenters. The molecule has 200 valence electrons. The van der Waals surface area contributed by atoms with Gasteiger partial charge in [0.2, 0.25) is 0 Å². The van der Waals surface area contributed by atoms with Crippen LogP contribution in [0.4, 0.5) is 15.2 Å². The molecule has 1 saturated heterocycles. The average Bonchev–Trinajstić information content (AvgIpc) is 3.36. The lowest BCUT2D eigenvalue weighted by molar-refractivity contribution is -0.141. The summed E-state index contributed by atoms with van der Waals surface area (Å²) in [7, 11) is 0. The Bertz CT molecular complexity index is 1300. The van der Waals surface area contributed by atoms with Crippen molar-refractivity contribution in [3.63, 3.8) is 0 Å². The molecule has 1 fully saturated rings. The standard InChI is InChI=1S/C28H32FN5O2S2/c1-18-19(2)31-27(37-16-24-17-38-28(33-24)32-23-7-5-22(29)6-8-23)25(15-30)26(18)21-9-12-34(13-10-21)11-4-14-36-20(3)35/h5-8,17,21H,4,9-14,16H2,1-3H3,(H,32,33). The summed E-state index contributed by atoms with van der Waals surface area (Å²) in [5, 5.41) is 16.9. The van der Waals surface area contributed by atoms with E-state index >= 15 is 0 Å². The molecule has 10 heteroatoms. The van der Waals surface area contributed by atoms with Gasteiger partial charge in [0.15, 0.2) is 5.13 Å². The van der Waals surface area contributed by atoms with E-state index in [1.54, 1.807) is 23.9 Å². The number of likely N-dealkylation sites (tertiary alicyclic amines) is 1. The number of hydrogen-bond acceptors (Lipinski definition) is 9. The third-order valence-electron chi connectivity index (χ3n) is 6.73. The summed E-state index contributed by atoms with van der Waals surface area (Å²) < 4.78 is 18.2. The van der Waals surface area contributed by atoms with Gasteiger partial charge in [-0.2, -0.15) is 5.26 Å². The fourth-order valence-electron chi connectivity index (χ4n) is 4.69. The van der Waals surface area contributed by atoms with E-state index in [4.69, 9.17) is 9.72 Å². The molecule has 1 aliphatic rings. The fraction of sp³-hybridized carbons (Fsp3) is 0.429. The highest BCUT2D eigenvalue weighted by Gasteiger charge is 2.27. The number of thioether (sulfide) groups is 1. The Kier molecular flexibility index (Phi) is 9.72. The van der Waals surface area contributed by atoms with Crippen molar-refractivity contribution in [2.45, 2.75) is 56.7 Å². The van der Waals surface area contributed by atoms with Gasteiger partial charge in [-0.3, -0.25) is 4.79 Å². The number of benzene rings is 1. The number of rotatable bonds is 10. The zero-order valence-electron chi connectivity index (χ0n) is 21.9. The fourth-order valence-corrected chi connectivity index (χ4v) is 6.46. The number of hydrogen-bond donors (Lipinski definition) is 1. The van der Waals surface area contributed by atoms with Crippen molar-refractivity contribution in [1.82, 2.24) is 14.9 Å². The van der Waals surface area contributed by atoms with Gasteiger partial charge in [0.1, 0.15) is 16.9 Å². The van der Waals surface area contributed by atoms with Gasteiger partial charge in [-0.1, -0.05) is 11.8 Å². The van der Waals surface area contributed by atoms with Crippen LogP contribution in [0.15, 0.2) is 34.7 Å². The van der Waals surface area contributed by atoms with E-state index in [1.165, 1.54) is 30.4 Å². The van der Waals surface area contributed by atoms with E-state index in [2.05, 4.69) is 28.2 Å². The minimum absolute atomic E-state index is 0.234. The molecule has 7 nitrogen and oxygen atoms in total. The molecule has 38 heavy (non-hydrogen) atoms. The molecule has 1 aliphatic heterocycles. The number of ether oxygens (including phenoxy) is 1. The number of piperidine rings is 1. The summed E-state index contributed by atoms with van der Waals surface area (Å²) >= 11 is 3.03. The Labute approximate surface area is 231 Å². The molecule has 3 aromatic rings. The van der Waals surface area contributed by atoms with Crippen LogP contribution in [0.1, 0.15) is 60.2 Å². The first kappa shape index (κ1) is 28.0. The van der Waals surface area contributed by atoms with Crippen LogP contribution in [-0.4, -0.2) is 47.1 Å². The van der Waals surface area contributed by atoms with Crippen LogP contribution in [0.25, 0.3) is 0 Å². The largest absolute Gasteiger partial charge is 0.466 e. The number of nitrogens with one attached hydrogen (secondary N) is 1. The highest BCUT2D eigenvalue weighted by molar-refractivity contribution is 7.98. The monoisotopic (exact) mass is 553 g/mol. The lowest BCUT2D eigenvalue weighted by Crippen LogP contribution is -2.34. The summed E-state index contributed by atoms with van der Waals surface area (Å²) in [5.41, 5.74) is 5.57. The van der Waals surface area contributed by atoms with Crippen LogP contribution < -0.4 is 5.32 Å². The van der Waals surface area contributed by atoms with Crippen molar-refractivity contribution in [3.8, 4) is 6.07 Å². The van der Waals surface area contributed by atoms with Crippen molar-refractivity contribution >= 4 is 39.9 Å². The Morgan fingerprint density at radius 2 is 2.00 bits per heavy atom. The smallest absolute Gasteiger partial charge is 0.302 e. The number of carbonyl (C=O) groups is 1. The van der Waals surface area contributed by atoms with Crippen LogP contribution in [0.5, 0.6) is 0 Å². The molecular weight excluding hydrogens is 521 g/mol. The molecule has 0 unspecified atom stereocenters.